The van der Waals surface area contributed by atoms with E-state index in [0.717, 1.165) is 32.4 Å². The molecule has 0 heterocycles. The lowest BCUT2D eigenvalue weighted by molar-refractivity contribution is -0.137. The number of carbonyl (C=O) groups is 1. The Labute approximate surface area is 270 Å². The highest BCUT2D eigenvalue weighted by Gasteiger charge is 1.96. The standard InChI is InChI=1S/C21H44N2.C18H34O2/c1-2-3-4-5-6-7-8-9-10-11-12-13-14-15-16-17-20-23-21-18-19-22;1-2-3-4-5-6-7-8-9-10-11-12-13-14-15-16-17-18(19)20/h9-10,23H,2-8,11-22H2,1H3;9-10H,2-8,11-17H2,1H3,(H,19,20). The van der Waals surface area contributed by atoms with Crippen molar-refractivity contribution in [1.29, 1.82) is 0 Å². The molecule has 0 aromatic rings. The first kappa shape index (κ1) is 44.0. The van der Waals surface area contributed by atoms with Crippen LogP contribution in [0, 0.1) is 0 Å². The minimum absolute atomic E-state index is 0.332. The fourth-order valence-electron chi connectivity index (χ4n) is 5.20. The number of unbranched alkanes of at least 4 members (excludes halogenated alkanes) is 23. The number of rotatable bonds is 34. The van der Waals surface area contributed by atoms with Gasteiger partial charge in [0.05, 0.1) is 0 Å². The molecule has 0 spiro atoms. The van der Waals surface area contributed by atoms with E-state index in [1.165, 1.54) is 167 Å². The molecule has 4 nitrogen and oxygen atoms in total. The highest BCUT2D eigenvalue weighted by atomic mass is 16.4. The third-order valence-corrected chi connectivity index (χ3v) is 8.08. The maximum absolute atomic E-state index is 10.3. The number of carboxylic acids is 1. The molecule has 0 atom stereocenters. The van der Waals surface area contributed by atoms with Gasteiger partial charge in [-0.3, -0.25) is 4.79 Å². The van der Waals surface area contributed by atoms with E-state index in [2.05, 4.69) is 43.5 Å². The van der Waals surface area contributed by atoms with Crippen molar-refractivity contribution in [3.8, 4) is 0 Å². The maximum Gasteiger partial charge on any atom is 0.303 e. The quantitative estimate of drug-likeness (QED) is 0.0503. The predicted octanol–water partition coefficient (Wildman–Crippen LogP) is 12.1. The lowest BCUT2D eigenvalue weighted by Gasteiger charge is -2.03. The van der Waals surface area contributed by atoms with Crippen LogP contribution in [0.5, 0.6) is 0 Å². The summed E-state index contributed by atoms with van der Waals surface area (Å²) in [6.45, 7) is 7.60. The molecule has 0 aromatic carbocycles. The van der Waals surface area contributed by atoms with Gasteiger partial charge in [-0.25, -0.2) is 0 Å². The van der Waals surface area contributed by atoms with Crippen molar-refractivity contribution in [2.45, 2.75) is 200 Å². The van der Waals surface area contributed by atoms with Crippen LogP contribution in [0.1, 0.15) is 200 Å². The Morgan fingerprint density at radius 1 is 0.488 bits per heavy atom. The molecule has 0 saturated carbocycles. The fourth-order valence-corrected chi connectivity index (χ4v) is 5.20. The van der Waals surface area contributed by atoms with Crippen LogP contribution < -0.4 is 11.1 Å². The van der Waals surface area contributed by atoms with E-state index in [-0.39, 0.29) is 0 Å². The molecule has 256 valence electrons. The molecule has 0 saturated heterocycles. The van der Waals surface area contributed by atoms with Crippen molar-refractivity contribution in [2.75, 3.05) is 19.6 Å². The number of carboxylic acid groups (broad SMARTS) is 1. The maximum atomic E-state index is 10.3. The Bertz CT molecular complexity index is 561. The van der Waals surface area contributed by atoms with Gasteiger partial charge in [-0.15, -0.1) is 0 Å². The van der Waals surface area contributed by atoms with Gasteiger partial charge in [0.2, 0.25) is 0 Å². The van der Waals surface area contributed by atoms with E-state index < -0.39 is 5.97 Å². The second kappa shape index (κ2) is 43.0. The largest absolute Gasteiger partial charge is 0.481 e. The molecule has 0 bridgehead atoms. The monoisotopic (exact) mass is 607 g/mol. The van der Waals surface area contributed by atoms with Gasteiger partial charge in [-0.2, -0.15) is 0 Å². The van der Waals surface area contributed by atoms with Crippen LogP contribution in [0.25, 0.3) is 0 Å². The van der Waals surface area contributed by atoms with Gasteiger partial charge < -0.3 is 16.2 Å². The Morgan fingerprint density at radius 3 is 1.19 bits per heavy atom. The highest BCUT2D eigenvalue weighted by molar-refractivity contribution is 5.66. The van der Waals surface area contributed by atoms with Gasteiger partial charge in [0, 0.05) is 6.42 Å². The second-order valence-electron chi connectivity index (χ2n) is 12.6. The summed E-state index contributed by atoms with van der Waals surface area (Å²) < 4.78 is 0. The third-order valence-electron chi connectivity index (χ3n) is 8.08. The lowest BCUT2D eigenvalue weighted by atomic mass is 10.1. The SMILES string of the molecule is CCCCCCCCC=CCCCCCCCC(=O)O.CCCCCCCCC=CCCCCCCCCNCCCN. The first-order valence-electron chi connectivity index (χ1n) is 19.1. The van der Waals surface area contributed by atoms with E-state index in [0.29, 0.717) is 6.42 Å². The number of hydrogen-bond donors (Lipinski definition) is 3. The summed E-state index contributed by atoms with van der Waals surface area (Å²) in [5.74, 6) is -0.664. The summed E-state index contributed by atoms with van der Waals surface area (Å²) in [4.78, 5) is 10.3. The summed E-state index contributed by atoms with van der Waals surface area (Å²) >= 11 is 0. The number of allylic oxidation sites excluding steroid dienone is 4. The van der Waals surface area contributed by atoms with E-state index in [1.807, 2.05) is 0 Å². The van der Waals surface area contributed by atoms with Crippen LogP contribution in [-0.4, -0.2) is 30.7 Å². The number of nitrogens with two attached hydrogens (primary N) is 1. The lowest BCUT2D eigenvalue weighted by Crippen LogP contribution is -2.19. The molecule has 0 radical (unpaired) electrons. The van der Waals surface area contributed by atoms with Crippen molar-refractivity contribution in [3.63, 3.8) is 0 Å². The van der Waals surface area contributed by atoms with Crippen molar-refractivity contribution in [3.05, 3.63) is 24.3 Å². The van der Waals surface area contributed by atoms with E-state index >= 15 is 0 Å². The summed E-state index contributed by atoms with van der Waals surface area (Å²) in [6.07, 6.45) is 46.5. The molecular weight excluding hydrogens is 528 g/mol. The molecule has 4 N–H and O–H groups in total. The van der Waals surface area contributed by atoms with Crippen molar-refractivity contribution < 1.29 is 9.90 Å². The summed E-state index contributed by atoms with van der Waals surface area (Å²) in [7, 11) is 0. The predicted molar refractivity (Wildman–Crippen MR) is 193 cm³/mol. The van der Waals surface area contributed by atoms with Gasteiger partial charge in [-0.1, -0.05) is 147 Å². The fraction of sp³-hybridized carbons (Fsp3) is 0.872. The van der Waals surface area contributed by atoms with Gasteiger partial charge in [0.15, 0.2) is 0 Å². The van der Waals surface area contributed by atoms with E-state index in [4.69, 9.17) is 10.8 Å². The highest BCUT2D eigenvalue weighted by Crippen LogP contribution is 2.11. The zero-order valence-corrected chi connectivity index (χ0v) is 29.4. The number of hydrogen-bond acceptors (Lipinski definition) is 3. The number of aliphatic carboxylic acids is 1. The second-order valence-corrected chi connectivity index (χ2v) is 12.6. The molecule has 43 heavy (non-hydrogen) atoms. The zero-order chi connectivity index (χ0) is 31.7. The average molecular weight is 607 g/mol. The van der Waals surface area contributed by atoms with Crippen molar-refractivity contribution in [1.82, 2.24) is 5.32 Å². The molecule has 0 amide bonds. The van der Waals surface area contributed by atoms with Gasteiger partial charge in [0.25, 0.3) is 0 Å². The minimum Gasteiger partial charge on any atom is -0.481 e. The first-order valence-corrected chi connectivity index (χ1v) is 19.1. The van der Waals surface area contributed by atoms with E-state index in [9.17, 15) is 4.79 Å². The molecule has 0 aromatic heterocycles. The smallest absolute Gasteiger partial charge is 0.303 e. The van der Waals surface area contributed by atoms with Gasteiger partial charge in [0.1, 0.15) is 0 Å². The Hall–Kier alpha value is -1.13. The molecule has 0 unspecified atom stereocenters. The van der Waals surface area contributed by atoms with Gasteiger partial charge in [-0.05, 0) is 90.3 Å². The topological polar surface area (TPSA) is 75.3 Å². The summed E-state index contributed by atoms with van der Waals surface area (Å²) in [6, 6.07) is 0. The Balaban J connectivity index is 0. The Kier molecular flexibility index (Phi) is 44.0. The van der Waals surface area contributed by atoms with Crippen LogP contribution in [0.4, 0.5) is 0 Å². The van der Waals surface area contributed by atoms with Crippen LogP contribution >= 0.6 is 0 Å². The molecule has 0 fully saturated rings. The Morgan fingerprint density at radius 2 is 0.814 bits per heavy atom. The molecule has 0 aliphatic carbocycles. The summed E-state index contributed by atoms with van der Waals surface area (Å²) in [5.41, 5.74) is 5.46. The molecular formula is C39H78N2O2. The summed E-state index contributed by atoms with van der Waals surface area (Å²) in [5, 5.41) is 12.0. The average Bonchev–Trinajstić information content (AvgIpc) is 3.00. The van der Waals surface area contributed by atoms with Crippen molar-refractivity contribution >= 4 is 5.97 Å². The van der Waals surface area contributed by atoms with Crippen LogP contribution in [0.3, 0.4) is 0 Å². The van der Waals surface area contributed by atoms with E-state index in [1.54, 1.807) is 0 Å². The molecule has 0 aliphatic rings. The van der Waals surface area contributed by atoms with Gasteiger partial charge >= 0.3 is 5.97 Å². The van der Waals surface area contributed by atoms with Crippen LogP contribution in [0.15, 0.2) is 24.3 Å². The normalized spacial score (nSPS) is 11.4. The van der Waals surface area contributed by atoms with Crippen LogP contribution in [-0.2, 0) is 4.79 Å². The molecule has 4 heteroatoms. The third kappa shape index (κ3) is 48.0. The van der Waals surface area contributed by atoms with Crippen LogP contribution in [0.2, 0.25) is 0 Å². The minimum atomic E-state index is -0.664. The molecule has 0 rings (SSSR count). The number of nitrogens with one attached hydrogen (secondary N) is 1. The van der Waals surface area contributed by atoms with Crippen molar-refractivity contribution in [2.24, 2.45) is 5.73 Å². The first-order chi connectivity index (χ1) is 21.2. The zero-order valence-electron chi connectivity index (χ0n) is 29.4. The molecule has 0 aliphatic heterocycles.